The predicted molar refractivity (Wildman–Crippen MR) is 87.5 cm³/mol. The fourth-order valence-electron chi connectivity index (χ4n) is 2.73. The SMILES string of the molecule is CCC(C)CC(=O)NC1CCC(Oc2cncc(OC)n2)CC1. The highest BCUT2D eigenvalue weighted by molar-refractivity contribution is 5.76. The molecule has 1 saturated carbocycles. The van der Waals surface area contributed by atoms with Crippen LogP contribution < -0.4 is 14.8 Å². The Balaban J connectivity index is 1.74. The first-order chi connectivity index (χ1) is 11.1. The molecule has 0 radical (unpaired) electrons. The molecule has 1 aromatic heterocycles. The molecule has 2 rings (SSSR count). The summed E-state index contributed by atoms with van der Waals surface area (Å²) in [4.78, 5) is 20.2. The molecule has 1 heterocycles. The van der Waals surface area contributed by atoms with Crippen LogP contribution in [0.25, 0.3) is 0 Å². The van der Waals surface area contributed by atoms with E-state index in [2.05, 4.69) is 29.1 Å². The van der Waals surface area contributed by atoms with E-state index >= 15 is 0 Å². The van der Waals surface area contributed by atoms with Crippen LogP contribution in [0.3, 0.4) is 0 Å². The van der Waals surface area contributed by atoms with Gasteiger partial charge in [0.05, 0.1) is 19.5 Å². The minimum Gasteiger partial charge on any atom is -0.480 e. The highest BCUT2D eigenvalue weighted by atomic mass is 16.5. The number of carbonyl (C=O) groups excluding carboxylic acids is 1. The van der Waals surface area contributed by atoms with Gasteiger partial charge in [-0.25, -0.2) is 0 Å². The molecule has 1 aromatic rings. The standard InChI is InChI=1S/C17H27N3O3/c1-4-12(2)9-15(21)19-13-5-7-14(8-6-13)23-17-11-18-10-16(20-17)22-3/h10-14H,4-9H2,1-3H3,(H,19,21). The van der Waals surface area contributed by atoms with Crippen molar-refractivity contribution < 1.29 is 14.3 Å². The molecule has 0 aliphatic heterocycles. The monoisotopic (exact) mass is 321 g/mol. The van der Waals surface area contributed by atoms with E-state index < -0.39 is 0 Å². The quantitative estimate of drug-likeness (QED) is 0.836. The second kappa shape index (κ2) is 8.70. The largest absolute Gasteiger partial charge is 0.480 e. The third-order valence-corrected chi connectivity index (χ3v) is 4.36. The normalized spacial score (nSPS) is 22.2. The lowest BCUT2D eigenvalue weighted by Gasteiger charge is -2.29. The first kappa shape index (κ1) is 17.5. The number of hydrogen-bond acceptors (Lipinski definition) is 5. The Labute approximate surface area is 138 Å². The molecule has 1 N–H and O–H groups in total. The van der Waals surface area contributed by atoms with Gasteiger partial charge < -0.3 is 14.8 Å². The number of nitrogens with one attached hydrogen (secondary N) is 1. The average Bonchev–Trinajstić information content (AvgIpc) is 2.56. The van der Waals surface area contributed by atoms with Crippen molar-refractivity contribution in [1.29, 1.82) is 0 Å². The summed E-state index contributed by atoms with van der Waals surface area (Å²) in [5.41, 5.74) is 0. The number of methoxy groups -OCH3 is 1. The molecule has 0 spiro atoms. The molecule has 0 bridgehead atoms. The van der Waals surface area contributed by atoms with Gasteiger partial charge in [0.15, 0.2) is 0 Å². The van der Waals surface area contributed by atoms with Crippen molar-refractivity contribution in [2.24, 2.45) is 5.92 Å². The van der Waals surface area contributed by atoms with Gasteiger partial charge in [-0.3, -0.25) is 9.78 Å². The molecule has 0 aromatic carbocycles. The summed E-state index contributed by atoms with van der Waals surface area (Å²) >= 11 is 0. The molecule has 1 amide bonds. The van der Waals surface area contributed by atoms with Crippen molar-refractivity contribution in [3.05, 3.63) is 12.4 Å². The number of ether oxygens (including phenoxy) is 2. The second-order valence-electron chi connectivity index (χ2n) is 6.28. The van der Waals surface area contributed by atoms with Crippen molar-refractivity contribution in [2.75, 3.05) is 7.11 Å². The molecule has 23 heavy (non-hydrogen) atoms. The lowest BCUT2D eigenvalue weighted by Crippen LogP contribution is -2.40. The van der Waals surface area contributed by atoms with E-state index in [-0.39, 0.29) is 18.1 Å². The number of hydrogen-bond donors (Lipinski definition) is 1. The van der Waals surface area contributed by atoms with E-state index in [4.69, 9.17) is 9.47 Å². The van der Waals surface area contributed by atoms with Gasteiger partial charge in [-0.15, -0.1) is 0 Å². The molecule has 1 aliphatic rings. The van der Waals surface area contributed by atoms with E-state index in [9.17, 15) is 4.79 Å². The van der Waals surface area contributed by atoms with Crippen LogP contribution in [0.5, 0.6) is 11.8 Å². The van der Waals surface area contributed by atoms with E-state index in [1.807, 2.05) is 0 Å². The predicted octanol–water partition coefficient (Wildman–Crippen LogP) is 2.73. The van der Waals surface area contributed by atoms with Gasteiger partial charge in [0.1, 0.15) is 6.10 Å². The number of aromatic nitrogens is 2. The fraction of sp³-hybridized carbons (Fsp3) is 0.706. The number of rotatable bonds is 7. The van der Waals surface area contributed by atoms with Crippen LogP contribution >= 0.6 is 0 Å². The number of nitrogens with zero attached hydrogens (tertiary/aromatic N) is 2. The second-order valence-corrected chi connectivity index (χ2v) is 6.28. The van der Waals surface area contributed by atoms with Gasteiger partial charge in [0, 0.05) is 12.5 Å². The summed E-state index contributed by atoms with van der Waals surface area (Å²) in [6.45, 7) is 4.22. The third kappa shape index (κ3) is 5.69. The van der Waals surface area contributed by atoms with Crippen molar-refractivity contribution in [1.82, 2.24) is 15.3 Å². The maximum Gasteiger partial charge on any atom is 0.235 e. The highest BCUT2D eigenvalue weighted by Gasteiger charge is 2.24. The Bertz CT molecular complexity index is 502. The molecule has 1 atom stereocenters. The first-order valence-electron chi connectivity index (χ1n) is 8.42. The zero-order valence-electron chi connectivity index (χ0n) is 14.2. The molecule has 1 unspecified atom stereocenters. The van der Waals surface area contributed by atoms with Crippen LogP contribution in [-0.2, 0) is 4.79 Å². The molecule has 128 valence electrons. The van der Waals surface area contributed by atoms with Crippen LogP contribution in [0, 0.1) is 5.92 Å². The van der Waals surface area contributed by atoms with Crippen molar-refractivity contribution in [3.8, 4) is 11.8 Å². The van der Waals surface area contributed by atoms with Gasteiger partial charge in [-0.05, 0) is 31.6 Å². The minimum absolute atomic E-state index is 0.124. The molecule has 6 heteroatoms. The fourth-order valence-corrected chi connectivity index (χ4v) is 2.73. The van der Waals surface area contributed by atoms with Gasteiger partial charge >= 0.3 is 0 Å². The highest BCUT2D eigenvalue weighted by Crippen LogP contribution is 2.23. The average molecular weight is 321 g/mol. The van der Waals surface area contributed by atoms with Gasteiger partial charge in [0.2, 0.25) is 17.7 Å². The number of carbonyl (C=O) groups is 1. The van der Waals surface area contributed by atoms with Gasteiger partial charge in [-0.2, -0.15) is 4.98 Å². The van der Waals surface area contributed by atoms with Crippen molar-refractivity contribution in [2.45, 2.75) is 64.5 Å². The maximum absolute atomic E-state index is 11.9. The summed E-state index contributed by atoms with van der Waals surface area (Å²) in [6.07, 6.45) is 8.63. The summed E-state index contributed by atoms with van der Waals surface area (Å²) in [6, 6.07) is 0.266. The summed E-state index contributed by atoms with van der Waals surface area (Å²) in [5.74, 6) is 1.56. The third-order valence-electron chi connectivity index (χ3n) is 4.36. The Kier molecular flexibility index (Phi) is 6.62. The van der Waals surface area contributed by atoms with E-state index in [1.165, 1.54) is 0 Å². The zero-order valence-corrected chi connectivity index (χ0v) is 14.2. The molecule has 1 fully saturated rings. The van der Waals surface area contributed by atoms with Crippen LogP contribution in [0.2, 0.25) is 0 Å². The maximum atomic E-state index is 11.9. The molecule has 1 aliphatic carbocycles. The van der Waals surface area contributed by atoms with E-state index in [0.29, 0.717) is 24.1 Å². The first-order valence-corrected chi connectivity index (χ1v) is 8.42. The van der Waals surface area contributed by atoms with Gasteiger partial charge in [-0.1, -0.05) is 20.3 Å². The van der Waals surface area contributed by atoms with Crippen LogP contribution in [0.4, 0.5) is 0 Å². The van der Waals surface area contributed by atoms with Crippen LogP contribution in [-0.4, -0.2) is 35.1 Å². The van der Waals surface area contributed by atoms with Gasteiger partial charge in [0.25, 0.3) is 0 Å². The lowest BCUT2D eigenvalue weighted by atomic mass is 9.92. The minimum atomic E-state index is 0.124. The zero-order chi connectivity index (χ0) is 16.7. The van der Waals surface area contributed by atoms with Crippen molar-refractivity contribution in [3.63, 3.8) is 0 Å². The smallest absolute Gasteiger partial charge is 0.235 e. The van der Waals surface area contributed by atoms with Crippen LogP contribution in [0.15, 0.2) is 12.4 Å². The lowest BCUT2D eigenvalue weighted by molar-refractivity contribution is -0.123. The Morgan fingerprint density at radius 1 is 1.30 bits per heavy atom. The topological polar surface area (TPSA) is 73.3 Å². The van der Waals surface area contributed by atoms with E-state index in [1.54, 1.807) is 19.5 Å². The Hall–Kier alpha value is -1.85. The summed E-state index contributed by atoms with van der Waals surface area (Å²) in [7, 11) is 1.56. The molecule has 0 saturated heterocycles. The number of amides is 1. The Morgan fingerprint density at radius 2 is 2.00 bits per heavy atom. The van der Waals surface area contributed by atoms with Crippen LogP contribution in [0.1, 0.15) is 52.4 Å². The Morgan fingerprint density at radius 3 is 2.65 bits per heavy atom. The van der Waals surface area contributed by atoms with E-state index in [0.717, 1.165) is 32.1 Å². The molecule has 6 nitrogen and oxygen atoms in total. The summed E-state index contributed by atoms with van der Waals surface area (Å²) in [5, 5.41) is 3.14. The molecular weight excluding hydrogens is 294 g/mol. The summed E-state index contributed by atoms with van der Waals surface area (Å²) < 4.78 is 10.9. The van der Waals surface area contributed by atoms with Crippen molar-refractivity contribution >= 4 is 5.91 Å². The molecular formula is C17H27N3O3.